The Hall–Kier alpha value is -3.96. The maximum atomic E-state index is 13.6. The highest BCUT2D eigenvalue weighted by Gasteiger charge is 2.39. The summed E-state index contributed by atoms with van der Waals surface area (Å²) in [4.78, 5) is 80.4. The number of hydrogen-bond acceptors (Lipinski definition) is 6. The van der Waals surface area contributed by atoms with Crippen LogP contribution in [0.15, 0.2) is 30.3 Å². The normalized spacial score (nSPS) is 24.8. The van der Waals surface area contributed by atoms with Crippen molar-refractivity contribution in [1.29, 1.82) is 0 Å². The molecule has 2 saturated heterocycles. The van der Waals surface area contributed by atoms with Crippen molar-refractivity contribution < 1.29 is 28.8 Å². The maximum absolute atomic E-state index is 13.6. The number of benzene rings is 1. The fourth-order valence-electron chi connectivity index (χ4n) is 5.04. The van der Waals surface area contributed by atoms with E-state index in [9.17, 15) is 28.8 Å². The number of carbonyl (C=O) groups excluding carboxylic acids is 6. The lowest BCUT2D eigenvalue weighted by Gasteiger charge is -2.31. The van der Waals surface area contributed by atoms with E-state index in [0.717, 1.165) is 5.56 Å². The smallest absolute Gasteiger partial charge is 0.245 e. The van der Waals surface area contributed by atoms with Gasteiger partial charge in [-0.25, -0.2) is 0 Å². The lowest BCUT2D eigenvalue weighted by atomic mass is 10.0. The molecule has 0 saturated carbocycles. The second-order valence-corrected chi connectivity index (χ2v) is 10.8. The van der Waals surface area contributed by atoms with E-state index in [1.54, 1.807) is 0 Å². The number of nitrogens with zero attached hydrogens (tertiary/aromatic N) is 2. The van der Waals surface area contributed by atoms with Crippen LogP contribution in [0, 0.1) is 5.92 Å². The molecule has 12 nitrogen and oxygen atoms in total. The van der Waals surface area contributed by atoms with Crippen LogP contribution >= 0.6 is 0 Å². The Balaban J connectivity index is 1.97. The molecule has 40 heavy (non-hydrogen) atoms. The van der Waals surface area contributed by atoms with Crippen molar-refractivity contribution in [3.8, 4) is 0 Å². The Kier molecular flexibility index (Phi) is 10.6. The average Bonchev–Trinajstić information content (AvgIpc) is 3.39. The number of fused-ring (bicyclic) bond motifs is 1. The van der Waals surface area contributed by atoms with Gasteiger partial charge in [-0.15, -0.1) is 0 Å². The summed E-state index contributed by atoms with van der Waals surface area (Å²) in [7, 11) is 0. The quantitative estimate of drug-likeness (QED) is 0.377. The first kappa shape index (κ1) is 30.6. The Bertz CT molecular complexity index is 1110. The van der Waals surface area contributed by atoms with E-state index >= 15 is 0 Å². The Morgan fingerprint density at radius 3 is 2.38 bits per heavy atom. The summed E-state index contributed by atoms with van der Waals surface area (Å²) in [6, 6.07) is 6.19. The highest BCUT2D eigenvalue weighted by Crippen LogP contribution is 2.20. The largest absolute Gasteiger partial charge is 0.349 e. The summed E-state index contributed by atoms with van der Waals surface area (Å²) in [5.41, 5.74) is 0.898. The van der Waals surface area contributed by atoms with Gasteiger partial charge in [-0.2, -0.15) is 0 Å². The van der Waals surface area contributed by atoms with Gasteiger partial charge in [0.05, 0.1) is 19.1 Å². The van der Waals surface area contributed by atoms with E-state index in [1.807, 2.05) is 44.2 Å². The van der Waals surface area contributed by atoms with Crippen LogP contribution in [0.2, 0.25) is 0 Å². The number of amides is 6. The summed E-state index contributed by atoms with van der Waals surface area (Å²) >= 11 is 0. The van der Waals surface area contributed by atoms with Gasteiger partial charge in [0.1, 0.15) is 18.1 Å². The van der Waals surface area contributed by atoms with Crippen molar-refractivity contribution in [1.82, 2.24) is 31.1 Å². The molecule has 0 spiro atoms. The van der Waals surface area contributed by atoms with Crippen molar-refractivity contribution in [2.24, 2.45) is 5.92 Å². The second-order valence-electron chi connectivity index (χ2n) is 10.8. The van der Waals surface area contributed by atoms with Crippen LogP contribution in [-0.2, 0) is 35.2 Å². The molecule has 218 valence electrons. The van der Waals surface area contributed by atoms with Crippen LogP contribution in [0.4, 0.5) is 0 Å². The van der Waals surface area contributed by atoms with E-state index in [-0.39, 0.29) is 25.6 Å². The van der Waals surface area contributed by atoms with Crippen molar-refractivity contribution in [3.63, 3.8) is 0 Å². The standard InChI is InChI=1S/C28H40N6O6/c1-17(2)25-27(39)31-21(13-20-9-6-5-7-10-20)15-33(24(37)14-29-19(4)35)16-23(36)30-18(3)28(40)34-12-8-11-22(34)26(38)32-25/h5-7,9-10,17-18,21-22,25H,8,11-16H2,1-4H3,(H,29,35)(H,30,36)(H,31,39)(H,32,38)/t18-,21-,22+,25-/m0/s1. The molecule has 2 aliphatic rings. The Morgan fingerprint density at radius 1 is 1.02 bits per heavy atom. The molecule has 3 rings (SSSR count). The maximum Gasteiger partial charge on any atom is 0.245 e. The van der Waals surface area contributed by atoms with Crippen molar-refractivity contribution in [2.75, 3.05) is 26.2 Å². The third-order valence-corrected chi connectivity index (χ3v) is 7.12. The molecular weight excluding hydrogens is 516 g/mol. The third kappa shape index (κ3) is 8.27. The molecule has 1 aromatic rings. The van der Waals surface area contributed by atoms with E-state index < -0.39 is 59.6 Å². The molecule has 1 aromatic carbocycles. The molecule has 6 amide bonds. The van der Waals surface area contributed by atoms with Crippen LogP contribution < -0.4 is 21.3 Å². The fourth-order valence-corrected chi connectivity index (χ4v) is 5.04. The first-order valence-electron chi connectivity index (χ1n) is 13.7. The van der Waals surface area contributed by atoms with Crippen molar-refractivity contribution in [3.05, 3.63) is 35.9 Å². The van der Waals surface area contributed by atoms with Gasteiger partial charge >= 0.3 is 0 Å². The molecule has 0 aliphatic carbocycles. The monoisotopic (exact) mass is 556 g/mol. The molecule has 2 heterocycles. The van der Waals surface area contributed by atoms with Gasteiger partial charge in [-0.05, 0) is 37.7 Å². The van der Waals surface area contributed by atoms with Crippen LogP contribution in [-0.4, -0.2) is 95.6 Å². The first-order valence-corrected chi connectivity index (χ1v) is 13.7. The molecule has 2 aliphatic heterocycles. The number of nitrogens with one attached hydrogen (secondary N) is 4. The minimum absolute atomic E-state index is 0.0394. The van der Waals surface area contributed by atoms with Gasteiger partial charge in [0.2, 0.25) is 35.4 Å². The number of carbonyl (C=O) groups is 6. The summed E-state index contributed by atoms with van der Waals surface area (Å²) in [6.45, 7) is 6.05. The number of rotatable bonds is 5. The first-order chi connectivity index (χ1) is 19.0. The molecule has 2 fully saturated rings. The van der Waals surface area contributed by atoms with E-state index in [4.69, 9.17) is 0 Å². The number of hydrogen-bond donors (Lipinski definition) is 4. The van der Waals surface area contributed by atoms with E-state index in [1.165, 1.54) is 23.6 Å². The zero-order valence-corrected chi connectivity index (χ0v) is 23.6. The molecule has 0 unspecified atom stereocenters. The summed E-state index contributed by atoms with van der Waals surface area (Å²) in [6.07, 6.45) is 1.42. The zero-order chi connectivity index (χ0) is 29.4. The van der Waals surface area contributed by atoms with Gasteiger partial charge in [-0.3, -0.25) is 28.8 Å². The molecule has 0 aromatic heterocycles. The Labute approximate surface area is 234 Å². The summed E-state index contributed by atoms with van der Waals surface area (Å²) in [5.74, 6) is -3.01. The fraction of sp³-hybridized carbons (Fsp3) is 0.571. The van der Waals surface area contributed by atoms with Crippen LogP contribution in [0.3, 0.4) is 0 Å². The van der Waals surface area contributed by atoms with Crippen LogP contribution in [0.1, 0.15) is 46.1 Å². The summed E-state index contributed by atoms with van der Waals surface area (Å²) in [5, 5.41) is 10.9. The second kappa shape index (κ2) is 13.9. The molecular formula is C28H40N6O6. The molecule has 0 radical (unpaired) electrons. The van der Waals surface area contributed by atoms with Crippen LogP contribution in [0.25, 0.3) is 0 Å². The van der Waals surface area contributed by atoms with Crippen molar-refractivity contribution in [2.45, 2.75) is 71.1 Å². The predicted molar refractivity (Wildman–Crippen MR) is 146 cm³/mol. The average molecular weight is 557 g/mol. The highest BCUT2D eigenvalue weighted by molar-refractivity contribution is 5.95. The van der Waals surface area contributed by atoms with Gasteiger partial charge in [0, 0.05) is 20.0 Å². The lowest BCUT2D eigenvalue weighted by Crippen LogP contribution is -2.58. The van der Waals surface area contributed by atoms with E-state index in [0.29, 0.717) is 25.8 Å². The molecule has 12 heteroatoms. The SMILES string of the molecule is CC(=O)NCC(=O)N1CC(=O)N[C@@H](C)C(=O)N2CCC[C@@H]2C(=O)N[C@@H](C(C)C)C(=O)N[C@@H](Cc2ccccc2)C1. The van der Waals surface area contributed by atoms with Gasteiger partial charge in [-0.1, -0.05) is 44.2 Å². The minimum atomic E-state index is -0.931. The molecule has 4 N–H and O–H groups in total. The third-order valence-electron chi connectivity index (χ3n) is 7.12. The van der Waals surface area contributed by atoms with Gasteiger partial charge in [0.25, 0.3) is 0 Å². The molecule has 0 bridgehead atoms. The highest BCUT2D eigenvalue weighted by atomic mass is 16.2. The van der Waals surface area contributed by atoms with E-state index in [2.05, 4.69) is 21.3 Å². The molecule has 4 atom stereocenters. The minimum Gasteiger partial charge on any atom is -0.349 e. The topological polar surface area (TPSA) is 157 Å². The zero-order valence-electron chi connectivity index (χ0n) is 23.6. The predicted octanol–water partition coefficient (Wildman–Crippen LogP) is -0.671. The van der Waals surface area contributed by atoms with Crippen LogP contribution in [0.5, 0.6) is 0 Å². The van der Waals surface area contributed by atoms with Gasteiger partial charge in [0.15, 0.2) is 0 Å². The summed E-state index contributed by atoms with van der Waals surface area (Å²) < 4.78 is 0. The lowest BCUT2D eigenvalue weighted by molar-refractivity contribution is -0.142. The van der Waals surface area contributed by atoms with Gasteiger partial charge < -0.3 is 31.1 Å². The Morgan fingerprint density at radius 2 is 1.73 bits per heavy atom. The van der Waals surface area contributed by atoms with Crippen molar-refractivity contribution >= 4 is 35.4 Å².